The number of carbonyl (C=O) groups excluding carboxylic acids is 1. The number of rotatable bonds is 3. The van der Waals surface area contributed by atoms with Crippen molar-refractivity contribution in [1.29, 1.82) is 0 Å². The molecule has 1 aromatic rings. The molecule has 0 fully saturated rings. The first kappa shape index (κ1) is 10.3. The summed E-state index contributed by atoms with van der Waals surface area (Å²) >= 11 is 0. The van der Waals surface area contributed by atoms with Crippen LogP contribution in [0.2, 0.25) is 0 Å². The highest BCUT2D eigenvalue weighted by atomic mass is 16.1. The largest absolute Gasteiger partial charge is 0.322 e. The Labute approximate surface area is 84.0 Å². The number of amides is 1. The van der Waals surface area contributed by atoms with E-state index >= 15 is 0 Å². The van der Waals surface area contributed by atoms with E-state index in [4.69, 9.17) is 0 Å². The minimum atomic E-state index is -0.217. The third-order valence-electron chi connectivity index (χ3n) is 1.81. The molecule has 2 heteroatoms. The molecule has 1 rings (SSSR count). The van der Waals surface area contributed by atoms with E-state index in [1.54, 1.807) is 0 Å². The standard InChI is InChI=1S/C12H13NO/c1-4-10(3)12(14)13-11-7-5-6-9(2)8-11/h4-8H,1,3H2,2H3,(H,13,14). The molecule has 0 aliphatic heterocycles. The van der Waals surface area contributed by atoms with Crippen molar-refractivity contribution in [2.45, 2.75) is 6.92 Å². The first-order chi connectivity index (χ1) is 6.63. The molecule has 1 aromatic carbocycles. The van der Waals surface area contributed by atoms with Crippen LogP contribution in [0.3, 0.4) is 0 Å². The minimum Gasteiger partial charge on any atom is -0.322 e. The molecule has 0 radical (unpaired) electrons. The molecule has 0 unspecified atom stereocenters. The monoisotopic (exact) mass is 187 g/mol. The fourth-order valence-electron chi connectivity index (χ4n) is 1.03. The molecular weight excluding hydrogens is 174 g/mol. The summed E-state index contributed by atoms with van der Waals surface area (Å²) in [7, 11) is 0. The number of hydrogen-bond donors (Lipinski definition) is 1. The van der Waals surface area contributed by atoms with Crippen LogP contribution >= 0.6 is 0 Å². The number of hydrogen-bond acceptors (Lipinski definition) is 1. The van der Waals surface area contributed by atoms with Gasteiger partial charge >= 0.3 is 0 Å². The first-order valence-corrected chi connectivity index (χ1v) is 4.33. The summed E-state index contributed by atoms with van der Waals surface area (Å²) in [5.74, 6) is -0.217. The molecule has 2 nitrogen and oxygen atoms in total. The summed E-state index contributed by atoms with van der Waals surface area (Å²) in [6.45, 7) is 9.01. The van der Waals surface area contributed by atoms with Crippen molar-refractivity contribution < 1.29 is 4.79 Å². The maximum absolute atomic E-state index is 11.4. The normalized spacial score (nSPS) is 9.21. The van der Waals surface area contributed by atoms with Crippen LogP contribution in [0.5, 0.6) is 0 Å². The van der Waals surface area contributed by atoms with Gasteiger partial charge in [0.25, 0.3) is 5.91 Å². The van der Waals surface area contributed by atoms with Crippen LogP contribution in [0.15, 0.2) is 49.1 Å². The van der Waals surface area contributed by atoms with Gasteiger partial charge in [-0.2, -0.15) is 0 Å². The van der Waals surface area contributed by atoms with Gasteiger partial charge in [-0.05, 0) is 24.6 Å². The van der Waals surface area contributed by atoms with Crippen LogP contribution in [-0.4, -0.2) is 5.91 Å². The van der Waals surface area contributed by atoms with Gasteiger partial charge in [0.2, 0.25) is 0 Å². The molecule has 0 aliphatic rings. The van der Waals surface area contributed by atoms with Gasteiger partial charge in [0.1, 0.15) is 0 Å². The Morgan fingerprint density at radius 1 is 1.50 bits per heavy atom. The van der Waals surface area contributed by atoms with E-state index in [0.29, 0.717) is 5.57 Å². The summed E-state index contributed by atoms with van der Waals surface area (Å²) in [6.07, 6.45) is 1.44. The van der Waals surface area contributed by atoms with Crippen LogP contribution in [0.1, 0.15) is 5.56 Å². The van der Waals surface area contributed by atoms with E-state index < -0.39 is 0 Å². The third-order valence-corrected chi connectivity index (χ3v) is 1.81. The van der Waals surface area contributed by atoms with Gasteiger partial charge in [0.15, 0.2) is 0 Å². The molecule has 0 heterocycles. The van der Waals surface area contributed by atoms with Gasteiger partial charge in [-0.3, -0.25) is 4.79 Å². The highest BCUT2D eigenvalue weighted by molar-refractivity contribution is 6.05. The lowest BCUT2D eigenvalue weighted by molar-refractivity contribution is -0.112. The first-order valence-electron chi connectivity index (χ1n) is 4.33. The quantitative estimate of drug-likeness (QED) is 0.572. The maximum Gasteiger partial charge on any atom is 0.255 e. The molecule has 14 heavy (non-hydrogen) atoms. The molecule has 1 amide bonds. The molecular formula is C12H13NO. The highest BCUT2D eigenvalue weighted by Gasteiger charge is 2.02. The van der Waals surface area contributed by atoms with E-state index in [1.165, 1.54) is 6.08 Å². The van der Waals surface area contributed by atoms with Crippen LogP contribution in [0.25, 0.3) is 0 Å². The SMILES string of the molecule is C=CC(=C)C(=O)Nc1cccc(C)c1. The Balaban J connectivity index is 2.74. The van der Waals surface area contributed by atoms with Crippen LogP contribution in [0.4, 0.5) is 5.69 Å². The summed E-state index contributed by atoms with van der Waals surface area (Å²) in [5.41, 5.74) is 2.25. The molecule has 72 valence electrons. The molecule has 1 N–H and O–H groups in total. The van der Waals surface area contributed by atoms with Crippen molar-refractivity contribution >= 4 is 11.6 Å². The fourth-order valence-corrected chi connectivity index (χ4v) is 1.03. The zero-order chi connectivity index (χ0) is 10.6. The summed E-state index contributed by atoms with van der Waals surface area (Å²) in [6, 6.07) is 7.59. The number of nitrogens with one attached hydrogen (secondary N) is 1. The molecule has 0 aliphatic carbocycles. The predicted octanol–water partition coefficient (Wildman–Crippen LogP) is 2.68. The van der Waals surface area contributed by atoms with Gasteiger partial charge < -0.3 is 5.32 Å². The molecule has 0 atom stereocenters. The topological polar surface area (TPSA) is 29.1 Å². The smallest absolute Gasteiger partial charge is 0.255 e. The van der Waals surface area contributed by atoms with Gasteiger partial charge in [0, 0.05) is 11.3 Å². The van der Waals surface area contributed by atoms with Crippen molar-refractivity contribution in [3.8, 4) is 0 Å². The lowest BCUT2D eigenvalue weighted by Crippen LogP contribution is -2.12. The number of anilines is 1. The van der Waals surface area contributed by atoms with E-state index in [0.717, 1.165) is 11.3 Å². The van der Waals surface area contributed by atoms with Crippen LogP contribution < -0.4 is 5.32 Å². The Kier molecular flexibility index (Phi) is 3.24. The second kappa shape index (κ2) is 4.42. The van der Waals surface area contributed by atoms with E-state index in [1.807, 2.05) is 31.2 Å². The Morgan fingerprint density at radius 3 is 2.79 bits per heavy atom. The van der Waals surface area contributed by atoms with Crippen LogP contribution in [0, 0.1) is 6.92 Å². The Morgan fingerprint density at radius 2 is 2.21 bits per heavy atom. The van der Waals surface area contributed by atoms with Gasteiger partial charge in [-0.15, -0.1) is 0 Å². The van der Waals surface area contributed by atoms with Crippen molar-refractivity contribution in [2.75, 3.05) is 5.32 Å². The number of benzene rings is 1. The molecule has 0 spiro atoms. The van der Waals surface area contributed by atoms with Crippen molar-refractivity contribution in [3.05, 3.63) is 54.6 Å². The third kappa shape index (κ3) is 2.59. The van der Waals surface area contributed by atoms with E-state index in [-0.39, 0.29) is 5.91 Å². The lowest BCUT2D eigenvalue weighted by atomic mass is 10.2. The lowest BCUT2D eigenvalue weighted by Gasteiger charge is -2.04. The number of aryl methyl sites for hydroxylation is 1. The Hall–Kier alpha value is -1.83. The van der Waals surface area contributed by atoms with E-state index in [2.05, 4.69) is 18.5 Å². The molecule has 0 saturated heterocycles. The van der Waals surface area contributed by atoms with Crippen molar-refractivity contribution in [1.82, 2.24) is 0 Å². The summed E-state index contributed by atoms with van der Waals surface area (Å²) in [4.78, 5) is 11.4. The van der Waals surface area contributed by atoms with Crippen molar-refractivity contribution in [3.63, 3.8) is 0 Å². The zero-order valence-electron chi connectivity index (χ0n) is 8.21. The maximum atomic E-state index is 11.4. The zero-order valence-corrected chi connectivity index (χ0v) is 8.21. The molecule has 0 bridgehead atoms. The van der Waals surface area contributed by atoms with Crippen LogP contribution in [-0.2, 0) is 4.79 Å². The predicted molar refractivity (Wildman–Crippen MR) is 59.1 cm³/mol. The second-order valence-electron chi connectivity index (χ2n) is 3.05. The average Bonchev–Trinajstić information content (AvgIpc) is 2.16. The summed E-state index contributed by atoms with van der Waals surface area (Å²) < 4.78 is 0. The minimum absolute atomic E-state index is 0.217. The van der Waals surface area contributed by atoms with Gasteiger partial charge in [0.05, 0.1) is 0 Å². The summed E-state index contributed by atoms with van der Waals surface area (Å²) in [5, 5.41) is 2.72. The average molecular weight is 187 g/mol. The highest BCUT2D eigenvalue weighted by Crippen LogP contribution is 2.10. The van der Waals surface area contributed by atoms with Crippen molar-refractivity contribution in [2.24, 2.45) is 0 Å². The Bertz CT molecular complexity index is 380. The molecule has 0 saturated carbocycles. The van der Waals surface area contributed by atoms with E-state index in [9.17, 15) is 4.79 Å². The fraction of sp³-hybridized carbons (Fsp3) is 0.0833. The second-order valence-corrected chi connectivity index (χ2v) is 3.05. The number of carbonyl (C=O) groups is 1. The molecule has 0 aromatic heterocycles. The van der Waals surface area contributed by atoms with Gasteiger partial charge in [-0.25, -0.2) is 0 Å². The van der Waals surface area contributed by atoms with Gasteiger partial charge in [-0.1, -0.05) is 31.4 Å².